The van der Waals surface area contributed by atoms with E-state index in [0.29, 0.717) is 0 Å². The van der Waals surface area contributed by atoms with Gasteiger partial charge in [-0.1, -0.05) is 140 Å². The molecule has 0 radical (unpaired) electrons. The maximum absolute atomic E-state index is 6.48. The number of anilines is 3. The van der Waals surface area contributed by atoms with Crippen molar-refractivity contribution in [3.05, 3.63) is 206 Å². The minimum atomic E-state index is 0.856. The number of para-hydroxylation sites is 1. The van der Waals surface area contributed by atoms with Gasteiger partial charge in [0.05, 0.1) is 10.2 Å². The van der Waals surface area contributed by atoms with Gasteiger partial charge in [0.1, 0.15) is 16.2 Å². The average molecular weight is 747 g/mol. The summed E-state index contributed by atoms with van der Waals surface area (Å²) < 4.78 is 7.64. The minimum absolute atomic E-state index is 0.856. The van der Waals surface area contributed by atoms with Crippen LogP contribution in [0.5, 0.6) is 0 Å². The van der Waals surface area contributed by atoms with Crippen molar-refractivity contribution >= 4 is 71.3 Å². The predicted octanol–water partition coefficient (Wildman–Crippen LogP) is 15.5. The van der Waals surface area contributed by atoms with E-state index in [-0.39, 0.29) is 0 Å². The van der Waals surface area contributed by atoms with Crippen LogP contribution in [-0.2, 0) is 0 Å². The van der Waals surface area contributed by atoms with Gasteiger partial charge in [0.25, 0.3) is 0 Å². The van der Waals surface area contributed by atoms with Gasteiger partial charge in [0.15, 0.2) is 0 Å². The molecule has 4 heteroatoms. The standard InChI is InChI=1S/C53H34N2OS/c1-4-13-37(14-5-1)45-29-27-44(32-47(45)41-21-20-35-12-10-11-17-39(35)30-41)55(42-18-8-3-9-19-42)43-25-22-36(23-26-43)40-24-28-46-48-33-52-49(34-51(48)56-50(46)31-40)54-53(57-52)38-15-6-2-7-16-38/h1-34H. The van der Waals surface area contributed by atoms with Gasteiger partial charge in [-0.15, -0.1) is 11.3 Å². The molecule has 57 heavy (non-hydrogen) atoms. The molecule has 11 rings (SSSR count). The normalized spacial score (nSPS) is 11.5. The number of hydrogen-bond acceptors (Lipinski definition) is 4. The summed E-state index contributed by atoms with van der Waals surface area (Å²) in [6.07, 6.45) is 0. The first-order valence-electron chi connectivity index (χ1n) is 19.2. The molecule has 0 amide bonds. The number of aromatic nitrogens is 1. The van der Waals surface area contributed by atoms with E-state index in [9.17, 15) is 0 Å². The molecule has 2 heterocycles. The van der Waals surface area contributed by atoms with Crippen molar-refractivity contribution in [1.29, 1.82) is 0 Å². The van der Waals surface area contributed by atoms with E-state index in [1.807, 2.05) is 6.07 Å². The molecule has 0 spiro atoms. The quantitative estimate of drug-likeness (QED) is 0.163. The summed E-state index contributed by atoms with van der Waals surface area (Å²) in [5.74, 6) is 0. The second-order valence-electron chi connectivity index (χ2n) is 14.4. The molecule has 2 aromatic heterocycles. The average Bonchev–Trinajstić information content (AvgIpc) is 3.87. The lowest BCUT2D eigenvalue weighted by atomic mass is 9.92. The molecule has 0 unspecified atom stereocenters. The Kier molecular flexibility index (Phi) is 8.01. The smallest absolute Gasteiger partial charge is 0.137 e. The number of furan rings is 1. The van der Waals surface area contributed by atoms with E-state index >= 15 is 0 Å². The molecule has 0 N–H and O–H groups in total. The Morgan fingerprint density at radius 1 is 0.386 bits per heavy atom. The molecule has 11 aromatic rings. The van der Waals surface area contributed by atoms with E-state index in [0.717, 1.165) is 70.9 Å². The SMILES string of the molecule is c1ccc(-c2nc3cc4oc5cc(-c6ccc(N(c7ccccc7)c7ccc(-c8ccccc8)c(-c8ccc9ccccc9c8)c7)cc6)ccc5c4cc3s2)cc1. The fraction of sp³-hybridized carbons (Fsp3) is 0. The van der Waals surface area contributed by atoms with Crippen LogP contribution in [0, 0.1) is 0 Å². The summed E-state index contributed by atoms with van der Waals surface area (Å²) >= 11 is 1.72. The summed E-state index contributed by atoms with van der Waals surface area (Å²) in [6, 6.07) is 73.6. The lowest BCUT2D eigenvalue weighted by Gasteiger charge is -2.27. The Balaban J connectivity index is 0.969. The molecular formula is C53H34N2OS. The molecular weight excluding hydrogens is 713 g/mol. The molecule has 0 aliphatic heterocycles. The van der Waals surface area contributed by atoms with Gasteiger partial charge in [-0.3, -0.25) is 0 Å². The van der Waals surface area contributed by atoms with E-state index < -0.39 is 0 Å². The number of fused-ring (bicyclic) bond motifs is 5. The van der Waals surface area contributed by atoms with E-state index in [4.69, 9.17) is 9.40 Å². The van der Waals surface area contributed by atoms with Gasteiger partial charge in [-0.25, -0.2) is 4.98 Å². The predicted molar refractivity (Wildman–Crippen MR) is 241 cm³/mol. The zero-order valence-corrected chi connectivity index (χ0v) is 31.7. The number of hydrogen-bond donors (Lipinski definition) is 0. The van der Waals surface area contributed by atoms with Crippen LogP contribution in [0.2, 0.25) is 0 Å². The summed E-state index contributed by atoms with van der Waals surface area (Å²) in [7, 11) is 0. The minimum Gasteiger partial charge on any atom is -0.456 e. The Hall–Kier alpha value is -7.27. The van der Waals surface area contributed by atoms with Crippen LogP contribution in [0.15, 0.2) is 211 Å². The van der Waals surface area contributed by atoms with Crippen LogP contribution in [0.1, 0.15) is 0 Å². The second kappa shape index (κ2) is 13.8. The first-order chi connectivity index (χ1) is 28.2. The Morgan fingerprint density at radius 3 is 1.81 bits per heavy atom. The molecule has 0 atom stereocenters. The van der Waals surface area contributed by atoms with Gasteiger partial charge in [-0.05, 0) is 105 Å². The van der Waals surface area contributed by atoms with Gasteiger partial charge >= 0.3 is 0 Å². The van der Waals surface area contributed by atoms with Gasteiger partial charge < -0.3 is 9.32 Å². The fourth-order valence-corrected chi connectivity index (χ4v) is 9.04. The first kappa shape index (κ1) is 33.1. The number of rotatable bonds is 7. The van der Waals surface area contributed by atoms with Crippen molar-refractivity contribution in [3.63, 3.8) is 0 Å². The molecule has 3 nitrogen and oxygen atoms in total. The zero-order chi connectivity index (χ0) is 37.7. The molecule has 0 saturated heterocycles. The van der Waals surface area contributed by atoms with E-state index in [1.54, 1.807) is 11.3 Å². The molecule has 9 aromatic carbocycles. The summed E-state index contributed by atoms with van der Waals surface area (Å²) in [4.78, 5) is 7.28. The molecule has 268 valence electrons. The highest BCUT2D eigenvalue weighted by Gasteiger charge is 2.18. The topological polar surface area (TPSA) is 29.3 Å². The third-order valence-electron chi connectivity index (χ3n) is 10.9. The lowest BCUT2D eigenvalue weighted by Crippen LogP contribution is -2.10. The summed E-state index contributed by atoms with van der Waals surface area (Å²) in [5, 5.41) is 5.71. The van der Waals surface area contributed by atoms with Crippen LogP contribution in [0.4, 0.5) is 17.1 Å². The number of benzene rings is 9. The Bertz CT molecular complexity index is 3220. The van der Waals surface area contributed by atoms with Crippen molar-refractivity contribution in [2.45, 2.75) is 0 Å². The van der Waals surface area contributed by atoms with Crippen molar-refractivity contribution < 1.29 is 4.42 Å². The highest BCUT2D eigenvalue weighted by Crippen LogP contribution is 2.42. The summed E-state index contributed by atoms with van der Waals surface area (Å²) in [6.45, 7) is 0. The molecule has 0 saturated carbocycles. The molecule has 0 aliphatic rings. The van der Waals surface area contributed by atoms with Crippen LogP contribution < -0.4 is 4.90 Å². The number of thiazole rings is 1. The van der Waals surface area contributed by atoms with Crippen LogP contribution in [0.3, 0.4) is 0 Å². The Morgan fingerprint density at radius 2 is 1.02 bits per heavy atom. The van der Waals surface area contributed by atoms with Crippen molar-refractivity contribution in [3.8, 4) is 44.0 Å². The van der Waals surface area contributed by atoms with Crippen LogP contribution in [0.25, 0.3) is 86.9 Å². The van der Waals surface area contributed by atoms with E-state index in [2.05, 4.69) is 205 Å². The monoisotopic (exact) mass is 746 g/mol. The maximum atomic E-state index is 6.48. The van der Waals surface area contributed by atoms with Crippen molar-refractivity contribution in [1.82, 2.24) is 4.98 Å². The van der Waals surface area contributed by atoms with Gasteiger partial charge in [-0.2, -0.15) is 0 Å². The number of nitrogens with zero attached hydrogens (tertiary/aromatic N) is 2. The highest BCUT2D eigenvalue weighted by molar-refractivity contribution is 7.21. The molecule has 0 fully saturated rings. The lowest BCUT2D eigenvalue weighted by molar-refractivity contribution is 0.669. The third-order valence-corrected chi connectivity index (χ3v) is 11.9. The molecule has 0 bridgehead atoms. The van der Waals surface area contributed by atoms with Gasteiger partial charge in [0, 0.05) is 39.5 Å². The van der Waals surface area contributed by atoms with Crippen LogP contribution in [-0.4, -0.2) is 4.98 Å². The highest BCUT2D eigenvalue weighted by atomic mass is 32.1. The van der Waals surface area contributed by atoms with E-state index in [1.165, 1.54) is 33.0 Å². The van der Waals surface area contributed by atoms with Crippen molar-refractivity contribution in [2.24, 2.45) is 0 Å². The fourth-order valence-electron chi connectivity index (χ4n) is 8.04. The molecule has 0 aliphatic carbocycles. The Labute approximate surface area is 334 Å². The van der Waals surface area contributed by atoms with Crippen molar-refractivity contribution in [2.75, 3.05) is 4.90 Å². The largest absolute Gasteiger partial charge is 0.456 e. The third kappa shape index (κ3) is 6.04. The zero-order valence-electron chi connectivity index (χ0n) is 30.8. The summed E-state index contributed by atoms with van der Waals surface area (Å²) in [5.41, 5.74) is 14.1. The first-order valence-corrected chi connectivity index (χ1v) is 20.0. The van der Waals surface area contributed by atoms with Gasteiger partial charge in [0.2, 0.25) is 0 Å². The second-order valence-corrected chi connectivity index (χ2v) is 15.4. The maximum Gasteiger partial charge on any atom is 0.137 e. The van der Waals surface area contributed by atoms with Crippen LogP contribution >= 0.6 is 11.3 Å².